The molecule has 0 aliphatic carbocycles. The minimum Gasteiger partial charge on any atom is -0.481 e. The van der Waals surface area contributed by atoms with Gasteiger partial charge in [0.1, 0.15) is 0 Å². The summed E-state index contributed by atoms with van der Waals surface area (Å²) in [6.45, 7) is 9.23. The van der Waals surface area contributed by atoms with Crippen LogP contribution in [0.5, 0.6) is 0 Å². The lowest BCUT2D eigenvalue weighted by molar-refractivity contribution is -0.142. The summed E-state index contributed by atoms with van der Waals surface area (Å²) in [6.07, 6.45) is 2.60. The predicted octanol–water partition coefficient (Wildman–Crippen LogP) is 1.17. The van der Waals surface area contributed by atoms with Gasteiger partial charge in [0.25, 0.3) is 0 Å². The molecule has 1 fully saturated rings. The van der Waals surface area contributed by atoms with E-state index in [0.717, 1.165) is 6.54 Å². The molecule has 0 aromatic heterocycles. The molecule has 0 amide bonds. The lowest BCUT2D eigenvalue weighted by Crippen LogP contribution is -2.46. The third kappa shape index (κ3) is 4.10. The smallest absolute Gasteiger partial charge is 0.307 e. The first kappa shape index (κ1) is 13.5. The van der Waals surface area contributed by atoms with E-state index in [1.807, 2.05) is 6.92 Å². The molecule has 4 heteroatoms. The number of aliphatic carboxylic acids is 1. The summed E-state index contributed by atoms with van der Waals surface area (Å²) >= 11 is 0. The van der Waals surface area contributed by atoms with Crippen molar-refractivity contribution in [1.29, 1.82) is 0 Å². The molecule has 1 heterocycles. The van der Waals surface area contributed by atoms with Gasteiger partial charge in [-0.2, -0.15) is 0 Å². The Morgan fingerprint density at radius 1 is 1.31 bits per heavy atom. The van der Waals surface area contributed by atoms with Crippen LogP contribution in [0.2, 0.25) is 0 Å². The lowest BCUT2D eigenvalue weighted by Gasteiger charge is -2.26. The number of carboxylic acid groups (broad SMARTS) is 1. The molecular weight excluding hydrogens is 204 g/mol. The van der Waals surface area contributed by atoms with Crippen molar-refractivity contribution >= 4 is 5.97 Å². The largest absolute Gasteiger partial charge is 0.481 e. The summed E-state index contributed by atoms with van der Waals surface area (Å²) in [5.74, 6) is -1.06. The van der Waals surface area contributed by atoms with Crippen molar-refractivity contribution in [1.82, 2.24) is 10.2 Å². The first-order valence-corrected chi connectivity index (χ1v) is 6.22. The van der Waals surface area contributed by atoms with Gasteiger partial charge in [0, 0.05) is 18.6 Å². The van der Waals surface area contributed by atoms with Crippen molar-refractivity contribution < 1.29 is 9.90 Å². The van der Waals surface area contributed by atoms with Gasteiger partial charge in [0.2, 0.25) is 0 Å². The van der Waals surface area contributed by atoms with Gasteiger partial charge in [-0.3, -0.25) is 4.79 Å². The van der Waals surface area contributed by atoms with E-state index in [2.05, 4.69) is 17.1 Å². The molecule has 0 aromatic rings. The zero-order valence-corrected chi connectivity index (χ0v) is 10.6. The Morgan fingerprint density at radius 2 is 1.88 bits per heavy atom. The molecule has 1 saturated heterocycles. The van der Waals surface area contributed by atoms with Crippen LogP contribution in [0.15, 0.2) is 0 Å². The van der Waals surface area contributed by atoms with Gasteiger partial charge in [-0.25, -0.2) is 0 Å². The van der Waals surface area contributed by atoms with Crippen LogP contribution >= 0.6 is 0 Å². The normalized spacial score (nSPS) is 22.9. The van der Waals surface area contributed by atoms with Crippen molar-refractivity contribution in [3.8, 4) is 0 Å². The summed E-state index contributed by atoms with van der Waals surface area (Å²) in [7, 11) is 0. The summed E-state index contributed by atoms with van der Waals surface area (Å²) in [4.78, 5) is 13.3. The van der Waals surface area contributed by atoms with Gasteiger partial charge < -0.3 is 15.3 Å². The summed E-state index contributed by atoms with van der Waals surface area (Å²) < 4.78 is 0. The van der Waals surface area contributed by atoms with Gasteiger partial charge in [0.05, 0.1) is 5.92 Å². The maximum absolute atomic E-state index is 10.8. The molecule has 0 radical (unpaired) electrons. The molecule has 16 heavy (non-hydrogen) atoms. The number of carbonyl (C=O) groups is 1. The standard InChI is InChI=1S/C12H24N2O2/c1-9(8-14-6-4-5-7-14)13-11(3)10(2)12(15)16/h9-11,13H,4-8H2,1-3H3,(H,15,16). The quantitative estimate of drug-likeness (QED) is 0.716. The van der Waals surface area contributed by atoms with Crippen molar-refractivity contribution in [2.75, 3.05) is 19.6 Å². The maximum Gasteiger partial charge on any atom is 0.307 e. The molecule has 0 saturated carbocycles. The number of rotatable bonds is 6. The molecule has 0 spiro atoms. The summed E-state index contributed by atoms with van der Waals surface area (Å²) in [5.41, 5.74) is 0. The van der Waals surface area contributed by atoms with Crippen LogP contribution in [0.25, 0.3) is 0 Å². The van der Waals surface area contributed by atoms with E-state index in [4.69, 9.17) is 5.11 Å². The molecule has 3 atom stereocenters. The number of hydrogen-bond acceptors (Lipinski definition) is 3. The molecule has 1 rings (SSSR count). The Morgan fingerprint density at radius 3 is 2.38 bits per heavy atom. The van der Waals surface area contributed by atoms with Gasteiger partial charge in [-0.15, -0.1) is 0 Å². The monoisotopic (exact) mass is 228 g/mol. The fourth-order valence-corrected chi connectivity index (χ4v) is 2.21. The van der Waals surface area contributed by atoms with Crippen LogP contribution < -0.4 is 5.32 Å². The molecule has 1 aliphatic rings. The van der Waals surface area contributed by atoms with Crippen molar-refractivity contribution in [2.24, 2.45) is 5.92 Å². The number of nitrogens with one attached hydrogen (secondary N) is 1. The van der Waals surface area contributed by atoms with Crippen molar-refractivity contribution in [3.63, 3.8) is 0 Å². The molecule has 0 bridgehead atoms. The van der Waals surface area contributed by atoms with E-state index < -0.39 is 5.97 Å². The van der Waals surface area contributed by atoms with Crippen LogP contribution in [-0.4, -0.2) is 47.7 Å². The first-order valence-electron chi connectivity index (χ1n) is 6.22. The first-order chi connectivity index (χ1) is 7.50. The van der Waals surface area contributed by atoms with Crippen LogP contribution in [0.3, 0.4) is 0 Å². The number of likely N-dealkylation sites (tertiary alicyclic amines) is 1. The van der Waals surface area contributed by atoms with Crippen LogP contribution in [0, 0.1) is 5.92 Å². The Balaban J connectivity index is 2.26. The molecule has 3 unspecified atom stereocenters. The Kier molecular flexibility index (Phi) is 5.22. The van der Waals surface area contributed by atoms with Gasteiger partial charge in [-0.1, -0.05) is 6.92 Å². The number of nitrogens with zero attached hydrogens (tertiary/aromatic N) is 1. The van der Waals surface area contributed by atoms with Crippen molar-refractivity contribution in [3.05, 3.63) is 0 Å². The zero-order chi connectivity index (χ0) is 12.1. The van der Waals surface area contributed by atoms with E-state index >= 15 is 0 Å². The van der Waals surface area contributed by atoms with Crippen LogP contribution in [0.1, 0.15) is 33.6 Å². The Labute approximate surface area is 98.0 Å². The predicted molar refractivity (Wildman–Crippen MR) is 64.5 cm³/mol. The van der Waals surface area contributed by atoms with E-state index in [-0.39, 0.29) is 12.0 Å². The Hall–Kier alpha value is -0.610. The van der Waals surface area contributed by atoms with Crippen molar-refractivity contribution in [2.45, 2.75) is 45.7 Å². The topological polar surface area (TPSA) is 52.6 Å². The minimum absolute atomic E-state index is 0.0232. The number of hydrogen-bond donors (Lipinski definition) is 2. The average molecular weight is 228 g/mol. The Bertz CT molecular complexity index is 227. The maximum atomic E-state index is 10.8. The van der Waals surface area contributed by atoms with E-state index in [0.29, 0.717) is 6.04 Å². The van der Waals surface area contributed by atoms with Crippen LogP contribution in [0.4, 0.5) is 0 Å². The molecule has 2 N–H and O–H groups in total. The van der Waals surface area contributed by atoms with Crippen LogP contribution in [-0.2, 0) is 4.79 Å². The second-order valence-corrected chi connectivity index (χ2v) is 4.99. The van der Waals surface area contributed by atoms with Gasteiger partial charge >= 0.3 is 5.97 Å². The zero-order valence-electron chi connectivity index (χ0n) is 10.6. The third-order valence-electron chi connectivity index (χ3n) is 3.42. The lowest BCUT2D eigenvalue weighted by atomic mass is 10.0. The second kappa shape index (κ2) is 6.21. The van der Waals surface area contributed by atoms with E-state index in [1.165, 1.54) is 25.9 Å². The highest BCUT2D eigenvalue weighted by Crippen LogP contribution is 2.09. The summed E-state index contributed by atoms with van der Waals surface area (Å²) in [5, 5.41) is 12.3. The molecule has 1 aliphatic heterocycles. The highest BCUT2D eigenvalue weighted by atomic mass is 16.4. The van der Waals surface area contributed by atoms with Gasteiger partial charge in [-0.05, 0) is 39.8 Å². The highest BCUT2D eigenvalue weighted by Gasteiger charge is 2.22. The highest BCUT2D eigenvalue weighted by molar-refractivity contribution is 5.70. The van der Waals surface area contributed by atoms with Gasteiger partial charge in [0.15, 0.2) is 0 Å². The third-order valence-corrected chi connectivity index (χ3v) is 3.42. The molecular formula is C12H24N2O2. The minimum atomic E-state index is -0.728. The molecule has 0 aromatic carbocycles. The van der Waals surface area contributed by atoms with E-state index in [1.54, 1.807) is 6.92 Å². The SMILES string of the molecule is CC(CN1CCCC1)NC(C)C(C)C(=O)O. The molecule has 94 valence electrons. The summed E-state index contributed by atoms with van der Waals surface area (Å²) in [6, 6.07) is 0.380. The fourth-order valence-electron chi connectivity index (χ4n) is 2.21. The molecule has 4 nitrogen and oxygen atoms in total. The van der Waals surface area contributed by atoms with E-state index in [9.17, 15) is 4.79 Å². The number of carboxylic acids is 1. The second-order valence-electron chi connectivity index (χ2n) is 4.99. The average Bonchev–Trinajstić information content (AvgIpc) is 2.68. The fraction of sp³-hybridized carbons (Fsp3) is 0.917.